The molecule has 1 aliphatic rings. The second-order valence-corrected chi connectivity index (χ2v) is 20.3. The van der Waals surface area contributed by atoms with Crippen molar-refractivity contribution in [3.8, 4) is 0 Å². The van der Waals surface area contributed by atoms with E-state index in [2.05, 4.69) is 81.5 Å². The van der Waals surface area contributed by atoms with Crippen LogP contribution in [-0.2, 0) is 42.9 Å². The molecule has 12 heteroatoms. The highest BCUT2D eigenvalue weighted by atomic mass is 16.7. The summed E-state index contributed by atoms with van der Waals surface area (Å²) in [6.45, 7) is 5.79. The monoisotopic (exact) mass is 1050 g/mol. The van der Waals surface area contributed by atoms with Gasteiger partial charge in [0.1, 0.15) is 18.8 Å². The van der Waals surface area contributed by atoms with Crippen LogP contribution in [0.5, 0.6) is 0 Å². The molecule has 0 spiro atoms. The summed E-state index contributed by atoms with van der Waals surface area (Å²) >= 11 is 0. The van der Waals surface area contributed by atoms with Crippen LogP contribution in [0, 0.1) is 0 Å². The van der Waals surface area contributed by atoms with Gasteiger partial charge in [0.15, 0.2) is 24.6 Å². The number of ether oxygens (including phenoxy) is 5. The Labute approximate surface area is 455 Å². The third-order valence-corrected chi connectivity index (χ3v) is 13.3. The zero-order chi connectivity index (χ0) is 54.7. The Morgan fingerprint density at radius 2 is 0.867 bits per heavy atom. The van der Waals surface area contributed by atoms with Crippen LogP contribution in [0.2, 0.25) is 0 Å². The largest absolute Gasteiger partial charge is 0.479 e. The van der Waals surface area contributed by atoms with Gasteiger partial charge in [-0.3, -0.25) is 14.4 Å². The van der Waals surface area contributed by atoms with E-state index in [1.807, 2.05) is 12.2 Å². The summed E-state index contributed by atoms with van der Waals surface area (Å²) < 4.78 is 28.3. The fraction of sp³-hybridized carbons (Fsp3) is 0.746. The number of esters is 3. The lowest BCUT2D eigenvalue weighted by atomic mass is 9.98. The summed E-state index contributed by atoms with van der Waals surface area (Å²) in [6.07, 6.45) is 51.7. The maximum absolute atomic E-state index is 13.1. The first-order chi connectivity index (χ1) is 36.6. The van der Waals surface area contributed by atoms with Crippen molar-refractivity contribution in [2.24, 2.45) is 0 Å². The lowest BCUT2D eigenvalue weighted by Crippen LogP contribution is -2.61. The smallest absolute Gasteiger partial charge is 0.335 e. The molecule has 1 aliphatic heterocycles. The normalized spacial score (nSPS) is 18.7. The van der Waals surface area contributed by atoms with Crippen molar-refractivity contribution in [1.29, 1.82) is 0 Å². The number of aliphatic carboxylic acids is 1. The van der Waals surface area contributed by atoms with Gasteiger partial charge in [-0.2, -0.15) is 0 Å². The number of carboxylic acid groups (broad SMARTS) is 1. The molecule has 75 heavy (non-hydrogen) atoms. The second-order valence-electron chi connectivity index (χ2n) is 20.3. The van der Waals surface area contributed by atoms with Gasteiger partial charge in [-0.25, -0.2) is 4.79 Å². The molecular weight excluding hydrogens is 949 g/mol. The Hall–Kier alpha value is -3.84. The van der Waals surface area contributed by atoms with E-state index in [0.717, 1.165) is 83.5 Å². The third kappa shape index (κ3) is 41.0. The molecule has 1 rings (SSSR count). The summed E-state index contributed by atoms with van der Waals surface area (Å²) in [7, 11) is 0. The Morgan fingerprint density at radius 1 is 0.453 bits per heavy atom. The van der Waals surface area contributed by atoms with E-state index in [-0.39, 0.29) is 25.9 Å². The molecule has 0 aliphatic carbocycles. The number of hydrogen-bond donors (Lipinski definition) is 3. The van der Waals surface area contributed by atoms with Gasteiger partial charge in [-0.15, -0.1) is 0 Å². The van der Waals surface area contributed by atoms with E-state index < -0.39 is 67.3 Å². The topological polar surface area (TPSA) is 175 Å². The highest BCUT2D eigenvalue weighted by molar-refractivity contribution is 5.74. The zero-order valence-electron chi connectivity index (χ0n) is 47.3. The van der Waals surface area contributed by atoms with Crippen LogP contribution in [0.3, 0.4) is 0 Å². The Kier molecular flexibility index (Phi) is 47.0. The van der Waals surface area contributed by atoms with E-state index in [1.54, 1.807) is 0 Å². The van der Waals surface area contributed by atoms with Gasteiger partial charge in [-0.05, 0) is 77.0 Å². The standard InChI is InChI=1S/C63H106O12/c1-4-7-10-13-16-19-22-25-26-27-28-29-30-33-36-39-42-45-48-51-57(66)74-61-59(68)58(67)60(62(69)70)75-63(61)72-53-54(73-56(65)50-47-44-41-38-35-32-24-21-18-15-12-9-6-3)52-71-55(64)49-46-43-40-37-34-31-23-20-17-14-11-8-5-2/h8,11,16-17,19-20,25-26,31,34,40,43,54,58-61,63,67-68H,4-7,9-10,12-15,18,21-24,27-30,32-33,35-39,41-42,44-53H2,1-3H3,(H,69,70)/b11-8-,19-16-,20-17-,26-25-,34-31-,43-40-. The minimum Gasteiger partial charge on any atom is -0.479 e. The van der Waals surface area contributed by atoms with Crippen LogP contribution >= 0.6 is 0 Å². The van der Waals surface area contributed by atoms with Gasteiger partial charge in [-0.1, -0.05) is 229 Å². The van der Waals surface area contributed by atoms with Crippen molar-refractivity contribution < 1.29 is 58.2 Å². The minimum absolute atomic E-state index is 0.0485. The number of carbonyl (C=O) groups is 4. The van der Waals surface area contributed by atoms with E-state index >= 15 is 0 Å². The van der Waals surface area contributed by atoms with Gasteiger partial charge >= 0.3 is 23.9 Å². The predicted molar refractivity (Wildman–Crippen MR) is 303 cm³/mol. The number of carbonyl (C=O) groups excluding carboxylic acids is 3. The molecule has 12 nitrogen and oxygen atoms in total. The van der Waals surface area contributed by atoms with Crippen LogP contribution in [0.1, 0.15) is 252 Å². The summed E-state index contributed by atoms with van der Waals surface area (Å²) in [4.78, 5) is 51.1. The van der Waals surface area contributed by atoms with E-state index in [0.29, 0.717) is 19.3 Å². The fourth-order valence-corrected chi connectivity index (χ4v) is 8.71. The minimum atomic E-state index is -1.91. The van der Waals surface area contributed by atoms with E-state index in [9.17, 15) is 34.5 Å². The third-order valence-electron chi connectivity index (χ3n) is 13.3. The van der Waals surface area contributed by atoms with Crippen molar-refractivity contribution in [3.05, 3.63) is 72.9 Å². The molecule has 0 aromatic heterocycles. The molecule has 6 unspecified atom stereocenters. The maximum atomic E-state index is 13.1. The van der Waals surface area contributed by atoms with Gasteiger partial charge in [0.05, 0.1) is 6.61 Å². The Morgan fingerprint density at radius 3 is 1.36 bits per heavy atom. The lowest BCUT2D eigenvalue weighted by Gasteiger charge is -2.40. The number of unbranched alkanes of at least 4 members (excludes halogenated alkanes) is 24. The number of aliphatic hydroxyl groups is 2. The second kappa shape index (κ2) is 50.9. The quantitative estimate of drug-likeness (QED) is 0.0228. The number of aliphatic hydroxyl groups excluding tert-OH is 2. The SMILES string of the molecule is CC/C=C\C/C=C\C/C=C\C/C=C\CCC(=O)OCC(COC1OC(C(=O)O)C(O)C(O)C1OC(=O)CCCCCCCCCCC/C=C\C/C=C\CCCCC)OC(=O)CCCCCCCCCCCCCCC. The molecule has 430 valence electrons. The number of rotatable bonds is 50. The zero-order valence-corrected chi connectivity index (χ0v) is 47.3. The molecule has 1 fully saturated rings. The van der Waals surface area contributed by atoms with Crippen LogP contribution in [0.4, 0.5) is 0 Å². The Balaban J connectivity index is 2.69. The fourth-order valence-electron chi connectivity index (χ4n) is 8.71. The van der Waals surface area contributed by atoms with Crippen LogP contribution in [-0.4, -0.2) is 89.2 Å². The summed E-state index contributed by atoms with van der Waals surface area (Å²) in [5.41, 5.74) is 0. The van der Waals surface area contributed by atoms with Crippen molar-refractivity contribution in [2.75, 3.05) is 13.2 Å². The lowest BCUT2D eigenvalue weighted by molar-refractivity contribution is -0.301. The van der Waals surface area contributed by atoms with Crippen molar-refractivity contribution >= 4 is 23.9 Å². The first kappa shape index (κ1) is 69.2. The summed E-state index contributed by atoms with van der Waals surface area (Å²) in [6, 6.07) is 0. The first-order valence-electron chi connectivity index (χ1n) is 29.9. The molecule has 0 saturated carbocycles. The molecular formula is C63H106O12. The number of hydrogen-bond acceptors (Lipinski definition) is 11. The van der Waals surface area contributed by atoms with Crippen molar-refractivity contribution in [1.82, 2.24) is 0 Å². The molecule has 3 N–H and O–H groups in total. The average molecular weight is 1060 g/mol. The summed E-state index contributed by atoms with van der Waals surface area (Å²) in [5, 5.41) is 31.5. The summed E-state index contributed by atoms with van der Waals surface area (Å²) in [5.74, 6) is -3.22. The average Bonchev–Trinajstić information content (AvgIpc) is 3.39. The Bertz CT molecular complexity index is 1580. The molecule has 1 heterocycles. The van der Waals surface area contributed by atoms with Crippen LogP contribution in [0.25, 0.3) is 0 Å². The molecule has 1 saturated heterocycles. The molecule has 0 aromatic carbocycles. The first-order valence-corrected chi connectivity index (χ1v) is 29.9. The predicted octanol–water partition coefficient (Wildman–Crippen LogP) is 15.3. The van der Waals surface area contributed by atoms with Crippen molar-refractivity contribution in [2.45, 2.75) is 289 Å². The van der Waals surface area contributed by atoms with Gasteiger partial charge in [0.25, 0.3) is 0 Å². The van der Waals surface area contributed by atoms with Gasteiger partial charge < -0.3 is 39.0 Å². The number of carboxylic acids is 1. The van der Waals surface area contributed by atoms with Gasteiger partial charge in [0, 0.05) is 19.3 Å². The van der Waals surface area contributed by atoms with Crippen LogP contribution < -0.4 is 0 Å². The van der Waals surface area contributed by atoms with Crippen LogP contribution in [0.15, 0.2) is 72.9 Å². The molecule has 6 atom stereocenters. The molecule has 0 amide bonds. The van der Waals surface area contributed by atoms with Crippen molar-refractivity contribution in [3.63, 3.8) is 0 Å². The van der Waals surface area contributed by atoms with E-state index in [1.165, 1.54) is 109 Å². The van der Waals surface area contributed by atoms with Gasteiger partial charge in [0.2, 0.25) is 0 Å². The molecule has 0 radical (unpaired) electrons. The highest BCUT2D eigenvalue weighted by Gasteiger charge is 2.50. The molecule has 0 bridgehead atoms. The maximum Gasteiger partial charge on any atom is 0.335 e. The highest BCUT2D eigenvalue weighted by Crippen LogP contribution is 2.26. The molecule has 0 aromatic rings. The van der Waals surface area contributed by atoms with E-state index in [4.69, 9.17) is 23.7 Å². The number of allylic oxidation sites excluding steroid dienone is 12.